The Kier molecular flexibility index (Phi) is 4.58. The number of amides is 1. The maximum atomic E-state index is 12.1. The molecule has 0 radical (unpaired) electrons. The fourth-order valence-corrected chi connectivity index (χ4v) is 2.58. The standard InChI is InChI=1S/C14H23N3O2/c1-4-12(19-5-2)14(18)16-11-6-7-13-15-10(3)8-17(13)9-11/h8,11-12H,4-7,9H2,1-3H3,(H,16,18). The summed E-state index contributed by atoms with van der Waals surface area (Å²) in [6, 6.07) is 0.183. The Bertz CT molecular complexity index is 442. The van der Waals surface area contributed by atoms with E-state index in [1.54, 1.807) is 0 Å². The van der Waals surface area contributed by atoms with Crippen LogP contribution in [-0.4, -0.2) is 34.2 Å². The van der Waals surface area contributed by atoms with E-state index in [4.69, 9.17) is 4.74 Å². The normalized spacial score (nSPS) is 19.8. The first kappa shape index (κ1) is 14.1. The Morgan fingerprint density at radius 2 is 2.42 bits per heavy atom. The van der Waals surface area contributed by atoms with Gasteiger partial charge in [-0.3, -0.25) is 4.79 Å². The fourth-order valence-electron chi connectivity index (χ4n) is 2.58. The van der Waals surface area contributed by atoms with E-state index in [1.807, 2.05) is 27.0 Å². The molecule has 1 N–H and O–H groups in total. The highest BCUT2D eigenvalue weighted by Crippen LogP contribution is 2.15. The number of nitrogens with zero attached hydrogens (tertiary/aromatic N) is 2. The van der Waals surface area contributed by atoms with E-state index in [0.717, 1.165) is 30.9 Å². The molecular weight excluding hydrogens is 242 g/mol. The number of hydrogen-bond acceptors (Lipinski definition) is 3. The summed E-state index contributed by atoms with van der Waals surface area (Å²) in [5.74, 6) is 1.13. The van der Waals surface area contributed by atoms with Gasteiger partial charge in [-0.25, -0.2) is 4.98 Å². The van der Waals surface area contributed by atoms with E-state index in [1.165, 1.54) is 0 Å². The lowest BCUT2D eigenvalue weighted by Gasteiger charge is -2.26. The molecule has 0 aliphatic carbocycles. The molecule has 0 spiro atoms. The number of aromatic nitrogens is 2. The summed E-state index contributed by atoms with van der Waals surface area (Å²) >= 11 is 0. The minimum atomic E-state index is -0.323. The predicted molar refractivity (Wildman–Crippen MR) is 72.9 cm³/mol. The third kappa shape index (κ3) is 3.35. The number of ether oxygens (including phenoxy) is 1. The van der Waals surface area contributed by atoms with Gasteiger partial charge in [0.05, 0.1) is 5.69 Å². The highest BCUT2D eigenvalue weighted by atomic mass is 16.5. The molecule has 0 bridgehead atoms. The Hall–Kier alpha value is -1.36. The van der Waals surface area contributed by atoms with E-state index in [9.17, 15) is 4.79 Å². The van der Waals surface area contributed by atoms with Crippen molar-refractivity contribution in [3.05, 3.63) is 17.7 Å². The van der Waals surface area contributed by atoms with Crippen LogP contribution in [0.25, 0.3) is 0 Å². The van der Waals surface area contributed by atoms with Crippen molar-refractivity contribution in [3.8, 4) is 0 Å². The van der Waals surface area contributed by atoms with Crippen molar-refractivity contribution in [2.24, 2.45) is 0 Å². The van der Waals surface area contributed by atoms with Crippen molar-refractivity contribution >= 4 is 5.91 Å². The zero-order chi connectivity index (χ0) is 13.8. The van der Waals surface area contributed by atoms with Crippen molar-refractivity contribution in [2.75, 3.05) is 6.61 Å². The first-order valence-corrected chi connectivity index (χ1v) is 7.08. The molecule has 5 nitrogen and oxygen atoms in total. The van der Waals surface area contributed by atoms with Gasteiger partial charge in [-0.2, -0.15) is 0 Å². The first-order chi connectivity index (χ1) is 9.13. The summed E-state index contributed by atoms with van der Waals surface area (Å²) in [7, 11) is 0. The topological polar surface area (TPSA) is 56.1 Å². The zero-order valence-electron chi connectivity index (χ0n) is 12.0. The van der Waals surface area contributed by atoms with Crippen LogP contribution in [-0.2, 0) is 22.5 Å². The van der Waals surface area contributed by atoms with Gasteiger partial charge in [0.25, 0.3) is 0 Å². The zero-order valence-corrected chi connectivity index (χ0v) is 12.0. The molecule has 106 valence electrons. The van der Waals surface area contributed by atoms with E-state index >= 15 is 0 Å². The number of rotatable bonds is 5. The third-order valence-electron chi connectivity index (χ3n) is 3.49. The van der Waals surface area contributed by atoms with Crippen LogP contribution in [0.15, 0.2) is 6.20 Å². The molecule has 1 aliphatic heterocycles. The van der Waals surface area contributed by atoms with Crippen LogP contribution in [0.2, 0.25) is 0 Å². The molecule has 0 aromatic carbocycles. The average Bonchev–Trinajstić information content (AvgIpc) is 2.75. The molecule has 2 rings (SSSR count). The van der Waals surface area contributed by atoms with Crippen LogP contribution >= 0.6 is 0 Å². The number of carbonyl (C=O) groups is 1. The molecule has 19 heavy (non-hydrogen) atoms. The van der Waals surface area contributed by atoms with Crippen molar-refractivity contribution in [1.29, 1.82) is 0 Å². The van der Waals surface area contributed by atoms with Gasteiger partial charge in [-0.05, 0) is 26.7 Å². The van der Waals surface area contributed by atoms with Gasteiger partial charge in [0.1, 0.15) is 11.9 Å². The molecule has 5 heteroatoms. The van der Waals surface area contributed by atoms with Gasteiger partial charge in [0.2, 0.25) is 5.91 Å². The quantitative estimate of drug-likeness (QED) is 0.876. The highest BCUT2D eigenvalue weighted by Gasteiger charge is 2.24. The molecule has 0 fully saturated rings. The lowest BCUT2D eigenvalue weighted by atomic mass is 10.1. The van der Waals surface area contributed by atoms with Crippen LogP contribution in [0.5, 0.6) is 0 Å². The number of aryl methyl sites for hydroxylation is 2. The minimum absolute atomic E-state index is 0.00892. The van der Waals surface area contributed by atoms with Crippen molar-refractivity contribution in [3.63, 3.8) is 0 Å². The second-order valence-electron chi connectivity index (χ2n) is 5.05. The smallest absolute Gasteiger partial charge is 0.249 e. The molecule has 1 amide bonds. The lowest BCUT2D eigenvalue weighted by molar-refractivity contribution is -0.133. The Morgan fingerprint density at radius 1 is 1.63 bits per heavy atom. The molecule has 2 unspecified atom stereocenters. The van der Waals surface area contributed by atoms with Crippen LogP contribution in [0.3, 0.4) is 0 Å². The second-order valence-corrected chi connectivity index (χ2v) is 5.05. The number of hydrogen-bond donors (Lipinski definition) is 1. The minimum Gasteiger partial charge on any atom is -0.369 e. The maximum Gasteiger partial charge on any atom is 0.249 e. The Morgan fingerprint density at radius 3 is 3.11 bits per heavy atom. The van der Waals surface area contributed by atoms with Gasteiger partial charge >= 0.3 is 0 Å². The van der Waals surface area contributed by atoms with Crippen LogP contribution in [0.4, 0.5) is 0 Å². The van der Waals surface area contributed by atoms with Gasteiger partial charge in [0, 0.05) is 31.8 Å². The van der Waals surface area contributed by atoms with Crippen LogP contribution in [0.1, 0.15) is 38.2 Å². The third-order valence-corrected chi connectivity index (χ3v) is 3.49. The fraction of sp³-hybridized carbons (Fsp3) is 0.714. The summed E-state index contributed by atoms with van der Waals surface area (Å²) in [5, 5.41) is 3.09. The molecule has 2 heterocycles. The van der Waals surface area contributed by atoms with E-state index in [0.29, 0.717) is 13.0 Å². The molecule has 2 atom stereocenters. The summed E-state index contributed by atoms with van der Waals surface area (Å²) in [5.41, 5.74) is 1.04. The Labute approximate surface area is 114 Å². The van der Waals surface area contributed by atoms with Crippen molar-refractivity contribution < 1.29 is 9.53 Å². The molecule has 1 aromatic heterocycles. The van der Waals surface area contributed by atoms with Crippen molar-refractivity contribution in [2.45, 2.75) is 58.7 Å². The predicted octanol–water partition coefficient (Wildman–Crippen LogP) is 1.44. The molecule has 0 saturated heterocycles. The molecule has 1 aromatic rings. The summed E-state index contributed by atoms with van der Waals surface area (Å²) in [4.78, 5) is 16.6. The SMILES string of the molecule is CCOC(CC)C(=O)NC1CCc2nc(C)cn2C1. The van der Waals surface area contributed by atoms with E-state index in [2.05, 4.69) is 14.9 Å². The number of nitrogens with one attached hydrogen (secondary N) is 1. The van der Waals surface area contributed by atoms with Crippen LogP contribution in [0, 0.1) is 6.92 Å². The molecule has 0 saturated carbocycles. The summed E-state index contributed by atoms with van der Waals surface area (Å²) in [6.45, 7) is 7.27. The van der Waals surface area contributed by atoms with Gasteiger partial charge in [-0.15, -0.1) is 0 Å². The van der Waals surface area contributed by atoms with Crippen LogP contribution < -0.4 is 5.32 Å². The lowest BCUT2D eigenvalue weighted by Crippen LogP contribution is -2.45. The summed E-state index contributed by atoms with van der Waals surface area (Å²) in [6.07, 6.45) is 4.31. The number of carbonyl (C=O) groups excluding carboxylic acids is 1. The highest BCUT2D eigenvalue weighted by molar-refractivity contribution is 5.81. The van der Waals surface area contributed by atoms with E-state index < -0.39 is 0 Å². The summed E-state index contributed by atoms with van der Waals surface area (Å²) < 4.78 is 7.58. The Balaban J connectivity index is 1.92. The number of imidazole rings is 1. The van der Waals surface area contributed by atoms with Gasteiger partial charge in [-0.1, -0.05) is 6.92 Å². The second kappa shape index (κ2) is 6.19. The maximum absolute atomic E-state index is 12.1. The molecule has 1 aliphatic rings. The molecular formula is C14H23N3O2. The number of fused-ring (bicyclic) bond motifs is 1. The average molecular weight is 265 g/mol. The van der Waals surface area contributed by atoms with Gasteiger partial charge < -0.3 is 14.6 Å². The largest absolute Gasteiger partial charge is 0.369 e. The first-order valence-electron chi connectivity index (χ1n) is 7.08. The van der Waals surface area contributed by atoms with E-state index in [-0.39, 0.29) is 18.1 Å². The van der Waals surface area contributed by atoms with Gasteiger partial charge in [0.15, 0.2) is 0 Å². The monoisotopic (exact) mass is 265 g/mol. The van der Waals surface area contributed by atoms with Crippen molar-refractivity contribution in [1.82, 2.24) is 14.9 Å².